The van der Waals surface area contributed by atoms with Crippen molar-refractivity contribution in [1.82, 2.24) is 39.9 Å². The number of ether oxygens (including phenoxy) is 2. The van der Waals surface area contributed by atoms with Gasteiger partial charge < -0.3 is 39.4 Å². The van der Waals surface area contributed by atoms with Gasteiger partial charge in [-0.2, -0.15) is 0 Å². The van der Waals surface area contributed by atoms with Gasteiger partial charge in [-0.3, -0.25) is 0 Å². The van der Waals surface area contributed by atoms with Gasteiger partial charge in [-0.05, 0) is 83.6 Å². The number of fused-ring (bicyclic) bond motifs is 20. The molecule has 0 fully saturated rings. The largest absolute Gasteiger partial charge is 2.00 e. The molecule has 8 bridgehead atoms. The second-order valence-electron chi connectivity index (χ2n) is 15.4. The number of hydrogen-bond donors (Lipinski definition) is 0. The van der Waals surface area contributed by atoms with E-state index in [1.807, 2.05) is 84.9 Å². The van der Waals surface area contributed by atoms with Crippen LogP contribution in [0.25, 0.3) is 89.7 Å². The van der Waals surface area contributed by atoms with E-state index in [2.05, 4.69) is 64.1 Å². The summed E-state index contributed by atoms with van der Waals surface area (Å²) in [7, 11) is 0. The van der Waals surface area contributed by atoms with Crippen molar-refractivity contribution in [2.45, 2.75) is 40.9 Å². The first-order valence-corrected chi connectivity index (χ1v) is 19.9. The summed E-state index contributed by atoms with van der Waals surface area (Å²) in [5, 5.41) is 3.37. The maximum absolute atomic E-state index is 6.69. The molecule has 0 unspecified atom stereocenters. The second kappa shape index (κ2) is 15.2. The van der Waals surface area contributed by atoms with Gasteiger partial charge in [0.05, 0.1) is 23.3 Å². The van der Waals surface area contributed by atoms with Gasteiger partial charge in [-0.25, -0.2) is 9.97 Å². The van der Waals surface area contributed by atoms with Gasteiger partial charge in [0.25, 0.3) is 0 Å². The Labute approximate surface area is 363 Å². The molecule has 0 radical (unpaired) electrons. The van der Waals surface area contributed by atoms with Crippen molar-refractivity contribution < 1.29 is 29.0 Å². The molecule has 9 aromatic rings. The molecule has 0 saturated heterocycles. The number of benzene rings is 6. The average Bonchev–Trinajstić information content (AvgIpc) is 3.99. The Balaban J connectivity index is 0.00000445. The fourth-order valence-corrected chi connectivity index (χ4v) is 7.96. The third-order valence-electron chi connectivity index (χ3n) is 11.3. The third-order valence-corrected chi connectivity index (χ3v) is 11.3. The molecule has 0 atom stereocenters. The van der Waals surface area contributed by atoms with E-state index in [9.17, 15) is 0 Å². The Morgan fingerprint density at radius 1 is 0.393 bits per heavy atom. The van der Waals surface area contributed by atoms with E-state index < -0.39 is 0 Å². The zero-order chi connectivity index (χ0) is 40.5. The Bertz CT molecular complexity index is 3190. The quantitative estimate of drug-likeness (QED) is 0.149. The van der Waals surface area contributed by atoms with E-state index in [0.29, 0.717) is 70.6 Å². The van der Waals surface area contributed by atoms with Crippen molar-refractivity contribution in [2.24, 2.45) is 0 Å². The predicted molar refractivity (Wildman–Crippen MR) is 234 cm³/mol. The summed E-state index contributed by atoms with van der Waals surface area (Å²) in [5.74, 6) is 3.03. The van der Waals surface area contributed by atoms with Gasteiger partial charge in [0.2, 0.25) is 0 Å². The summed E-state index contributed by atoms with van der Waals surface area (Å²) < 4.78 is 13.4. The third kappa shape index (κ3) is 6.81. The molecule has 0 saturated carbocycles. The van der Waals surface area contributed by atoms with Crippen LogP contribution in [-0.4, -0.2) is 29.9 Å². The zero-order valence-electron chi connectivity index (χ0n) is 34.1. The molecule has 2 aliphatic heterocycles. The van der Waals surface area contributed by atoms with Crippen LogP contribution in [0.2, 0.25) is 0 Å². The van der Waals surface area contributed by atoms with Crippen LogP contribution in [0.4, 0.5) is 0 Å². The Morgan fingerprint density at radius 2 is 0.738 bits per heavy atom. The second-order valence-corrected chi connectivity index (χ2v) is 15.4. The maximum Gasteiger partial charge on any atom is 2.00 e. The van der Waals surface area contributed by atoms with Gasteiger partial charge in [-0.1, -0.05) is 120 Å². The van der Waals surface area contributed by atoms with Gasteiger partial charge >= 0.3 is 19.5 Å². The molecule has 11 rings (SSSR count). The van der Waals surface area contributed by atoms with Crippen molar-refractivity contribution >= 4 is 44.1 Å². The molecular formula is C50H36N8O2Zn. The summed E-state index contributed by atoms with van der Waals surface area (Å²) in [6.45, 7) is 9.06. The zero-order valence-corrected chi connectivity index (χ0v) is 37.0. The van der Waals surface area contributed by atoms with Gasteiger partial charge in [0, 0.05) is 44.8 Å². The Hall–Kier alpha value is -7.10. The molecule has 61 heavy (non-hydrogen) atoms. The van der Waals surface area contributed by atoms with Gasteiger partial charge in [-0.15, -0.1) is 0 Å². The Morgan fingerprint density at radius 3 is 1.11 bits per heavy atom. The molecule has 11 heteroatoms. The average molecular weight is 846 g/mol. The first kappa shape index (κ1) is 38.1. The van der Waals surface area contributed by atoms with Crippen molar-refractivity contribution in [3.8, 4) is 57.1 Å². The Kier molecular flexibility index (Phi) is 9.49. The first-order chi connectivity index (χ1) is 29.3. The number of rotatable bonds is 6. The van der Waals surface area contributed by atoms with Crippen molar-refractivity contribution in [2.75, 3.05) is 0 Å². The van der Waals surface area contributed by atoms with Crippen molar-refractivity contribution in [3.63, 3.8) is 0 Å². The monoisotopic (exact) mass is 844 g/mol. The van der Waals surface area contributed by atoms with E-state index in [0.717, 1.165) is 77.2 Å². The van der Waals surface area contributed by atoms with Gasteiger partial charge in [0.1, 0.15) is 13.2 Å². The molecule has 2 aliphatic rings. The van der Waals surface area contributed by atoms with Crippen LogP contribution in [0.3, 0.4) is 0 Å². The molecule has 6 aromatic carbocycles. The van der Waals surface area contributed by atoms with Crippen molar-refractivity contribution in [1.29, 1.82) is 0 Å². The number of hydrogen-bond acceptors (Lipinski definition) is 8. The summed E-state index contributed by atoms with van der Waals surface area (Å²) in [4.78, 5) is 40.6. The van der Waals surface area contributed by atoms with Crippen LogP contribution in [-0.2, 0) is 32.7 Å². The number of nitrogens with zero attached hydrogens (tertiary/aromatic N) is 8. The van der Waals surface area contributed by atoms with Gasteiger partial charge in [0.15, 0.2) is 11.5 Å². The molecule has 0 N–H and O–H groups in total. The summed E-state index contributed by atoms with van der Waals surface area (Å²) in [6.07, 6.45) is 0. The van der Waals surface area contributed by atoms with E-state index in [1.54, 1.807) is 0 Å². The SMILES string of the molecule is Cc1ccc(C)c(COc2cc3c(cc2OCc2cc(C)ccc2C)-c2nc-3nc3[n-]c(nc4nc(nc5[n-]c(n2)c2ccccc52)-c2ccccc2-4)c2ccccc32)c1.[Zn+2]. The van der Waals surface area contributed by atoms with Crippen LogP contribution < -0.4 is 19.4 Å². The summed E-state index contributed by atoms with van der Waals surface area (Å²) in [5.41, 5.74) is 12.0. The minimum absolute atomic E-state index is 0. The van der Waals surface area contributed by atoms with E-state index in [1.165, 1.54) is 0 Å². The van der Waals surface area contributed by atoms with Crippen LogP contribution in [0.5, 0.6) is 11.5 Å². The first-order valence-electron chi connectivity index (χ1n) is 19.9. The van der Waals surface area contributed by atoms with Crippen LogP contribution >= 0.6 is 0 Å². The van der Waals surface area contributed by atoms with Crippen LogP contribution in [0, 0.1) is 27.7 Å². The summed E-state index contributed by atoms with van der Waals surface area (Å²) in [6, 6.07) is 40.6. The molecule has 0 aliphatic carbocycles. The molecule has 10 nitrogen and oxygen atoms in total. The predicted octanol–water partition coefficient (Wildman–Crippen LogP) is 10.5. The van der Waals surface area contributed by atoms with Crippen LogP contribution in [0.1, 0.15) is 33.4 Å². The fraction of sp³-hybridized carbons (Fsp3) is 0.120. The standard InChI is InChI=1S/C50H36N8O2.Zn/c1-27-17-19-29(3)31(21-27)25-59-41-23-39-40(24-42(41)60-26-32-22-28(2)18-20-30(32)4)50-57-48-38-16-10-8-14-36(38)46(55-48)53-44-34-12-6-5-11-33(34)43(51-44)52-45-35-13-7-9-15-37(35)47(54-45)56-49(39)58-50;/h5-24H,25-26H2,1-4H3;/q-2;+2. The fourth-order valence-electron chi connectivity index (χ4n) is 7.96. The number of aromatic nitrogens is 8. The topological polar surface area (TPSA) is 124 Å². The van der Waals surface area contributed by atoms with E-state index >= 15 is 0 Å². The molecule has 3 aromatic heterocycles. The number of aryl methyl sites for hydroxylation is 4. The minimum Gasteiger partial charge on any atom is -0.485 e. The molecule has 0 spiro atoms. The minimum atomic E-state index is 0. The smallest absolute Gasteiger partial charge is 0.485 e. The van der Waals surface area contributed by atoms with E-state index in [4.69, 9.17) is 49.3 Å². The normalized spacial score (nSPS) is 11.6. The summed E-state index contributed by atoms with van der Waals surface area (Å²) >= 11 is 0. The van der Waals surface area contributed by atoms with Crippen molar-refractivity contribution in [3.05, 3.63) is 155 Å². The molecular weight excluding hydrogens is 810 g/mol. The van der Waals surface area contributed by atoms with Crippen LogP contribution in [0.15, 0.2) is 121 Å². The molecule has 0 amide bonds. The maximum atomic E-state index is 6.69. The molecule has 5 heterocycles. The van der Waals surface area contributed by atoms with E-state index in [-0.39, 0.29) is 19.5 Å². The molecule has 290 valence electrons.